The summed E-state index contributed by atoms with van der Waals surface area (Å²) in [6.07, 6.45) is 1.76. The van der Waals surface area contributed by atoms with Crippen LogP contribution in [0.2, 0.25) is 0 Å². The second-order valence-electron chi connectivity index (χ2n) is 4.73. The van der Waals surface area contributed by atoms with Gasteiger partial charge in [0.2, 0.25) is 0 Å². The number of hydrogen-bond donors (Lipinski definition) is 2. The van der Waals surface area contributed by atoms with Crippen LogP contribution in [0, 0.1) is 0 Å². The summed E-state index contributed by atoms with van der Waals surface area (Å²) in [6, 6.07) is 16.7. The number of pyridine rings is 1. The van der Waals surface area contributed by atoms with Crippen LogP contribution in [0.25, 0.3) is 10.9 Å². The van der Waals surface area contributed by atoms with Crippen LogP contribution in [-0.4, -0.2) is 22.2 Å². The van der Waals surface area contributed by atoms with Gasteiger partial charge >= 0.3 is 7.12 Å². The van der Waals surface area contributed by atoms with Crippen molar-refractivity contribution in [3.8, 4) is 5.75 Å². The fourth-order valence-corrected chi connectivity index (χ4v) is 2.20. The molecule has 4 nitrogen and oxygen atoms in total. The van der Waals surface area contributed by atoms with Gasteiger partial charge in [-0.2, -0.15) is 0 Å². The van der Waals surface area contributed by atoms with Gasteiger partial charge in [0.25, 0.3) is 0 Å². The number of aromatic nitrogens is 1. The molecule has 0 saturated carbocycles. The highest BCUT2D eigenvalue weighted by atomic mass is 16.5. The molecule has 0 bridgehead atoms. The molecule has 0 spiro atoms. The Kier molecular flexibility index (Phi) is 3.86. The van der Waals surface area contributed by atoms with Crippen LogP contribution in [0.3, 0.4) is 0 Å². The Bertz CT molecular complexity index is 761. The molecule has 0 atom stereocenters. The van der Waals surface area contributed by atoms with E-state index in [0.29, 0.717) is 17.8 Å². The lowest BCUT2D eigenvalue weighted by atomic mass is 9.79. The monoisotopic (exact) mass is 279 g/mol. The second-order valence-corrected chi connectivity index (χ2v) is 4.73. The van der Waals surface area contributed by atoms with E-state index in [1.807, 2.05) is 30.3 Å². The van der Waals surface area contributed by atoms with Crippen LogP contribution in [0.5, 0.6) is 5.75 Å². The Balaban J connectivity index is 1.80. The third-order valence-electron chi connectivity index (χ3n) is 3.26. The van der Waals surface area contributed by atoms with Crippen molar-refractivity contribution in [2.75, 3.05) is 0 Å². The van der Waals surface area contributed by atoms with Crippen LogP contribution in [0.4, 0.5) is 0 Å². The molecule has 104 valence electrons. The van der Waals surface area contributed by atoms with Gasteiger partial charge in [-0.25, -0.2) is 0 Å². The van der Waals surface area contributed by atoms with Crippen LogP contribution in [-0.2, 0) is 6.61 Å². The summed E-state index contributed by atoms with van der Waals surface area (Å²) >= 11 is 0. The molecule has 21 heavy (non-hydrogen) atoms. The predicted octanol–water partition coefficient (Wildman–Crippen LogP) is 1.49. The zero-order valence-corrected chi connectivity index (χ0v) is 11.3. The Hall–Kier alpha value is -2.37. The SMILES string of the molecule is OB(O)c1ccccc1OCc1ccc2ncccc2c1. The second kappa shape index (κ2) is 5.95. The van der Waals surface area contributed by atoms with Gasteiger partial charge in [-0.05, 0) is 29.8 Å². The van der Waals surface area contributed by atoms with E-state index in [2.05, 4.69) is 4.98 Å². The maximum absolute atomic E-state index is 9.31. The van der Waals surface area contributed by atoms with Gasteiger partial charge in [-0.3, -0.25) is 4.98 Å². The molecule has 0 saturated heterocycles. The maximum Gasteiger partial charge on any atom is 0.492 e. The quantitative estimate of drug-likeness (QED) is 0.710. The van der Waals surface area contributed by atoms with Gasteiger partial charge in [0, 0.05) is 17.0 Å². The number of ether oxygens (including phenoxy) is 1. The van der Waals surface area contributed by atoms with E-state index in [9.17, 15) is 10.0 Å². The van der Waals surface area contributed by atoms with Crippen molar-refractivity contribution in [3.05, 3.63) is 66.4 Å². The summed E-state index contributed by atoms with van der Waals surface area (Å²) in [6.45, 7) is 0.356. The number of rotatable bonds is 4. The van der Waals surface area contributed by atoms with Crippen LogP contribution in [0.15, 0.2) is 60.8 Å². The standard InChI is InChI=1S/C16H14BNO3/c19-17(20)14-5-1-2-6-16(14)21-11-12-7-8-15-13(10-12)4-3-9-18-15/h1-10,19-20H,11H2. The topological polar surface area (TPSA) is 62.6 Å². The molecular weight excluding hydrogens is 265 g/mol. The van der Waals surface area contributed by atoms with E-state index in [4.69, 9.17) is 4.74 Å². The van der Waals surface area contributed by atoms with Gasteiger partial charge in [0.15, 0.2) is 0 Å². The summed E-state index contributed by atoms with van der Waals surface area (Å²) in [5.41, 5.74) is 2.30. The van der Waals surface area contributed by atoms with Crippen LogP contribution >= 0.6 is 0 Å². The smallest absolute Gasteiger partial charge is 0.489 e. The molecule has 0 aliphatic heterocycles. The maximum atomic E-state index is 9.31. The molecule has 0 aliphatic carbocycles. The summed E-state index contributed by atoms with van der Waals surface area (Å²) in [5.74, 6) is 0.471. The molecule has 1 heterocycles. The Morgan fingerprint density at radius 1 is 1.00 bits per heavy atom. The molecule has 2 N–H and O–H groups in total. The van der Waals surface area contributed by atoms with E-state index in [-0.39, 0.29) is 0 Å². The van der Waals surface area contributed by atoms with Crippen molar-refractivity contribution in [2.24, 2.45) is 0 Å². The van der Waals surface area contributed by atoms with Crippen molar-refractivity contribution in [2.45, 2.75) is 6.61 Å². The average molecular weight is 279 g/mol. The van der Waals surface area contributed by atoms with Crippen molar-refractivity contribution >= 4 is 23.5 Å². The third-order valence-corrected chi connectivity index (χ3v) is 3.26. The van der Waals surface area contributed by atoms with Gasteiger partial charge in [-0.1, -0.05) is 30.3 Å². The minimum Gasteiger partial charge on any atom is -0.489 e. The first kappa shape index (κ1) is 13.6. The molecule has 0 radical (unpaired) electrons. The molecule has 0 aliphatic rings. The van der Waals surface area contributed by atoms with Crippen molar-refractivity contribution in [1.82, 2.24) is 4.98 Å². The van der Waals surface area contributed by atoms with Crippen molar-refractivity contribution in [1.29, 1.82) is 0 Å². The molecule has 0 fully saturated rings. The first-order chi connectivity index (χ1) is 10.2. The van der Waals surface area contributed by atoms with E-state index in [1.165, 1.54) is 0 Å². The van der Waals surface area contributed by atoms with E-state index in [0.717, 1.165) is 16.5 Å². The van der Waals surface area contributed by atoms with Crippen LogP contribution < -0.4 is 10.2 Å². The lowest BCUT2D eigenvalue weighted by Gasteiger charge is -2.11. The van der Waals surface area contributed by atoms with E-state index < -0.39 is 7.12 Å². The average Bonchev–Trinajstić information content (AvgIpc) is 2.53. The molecule has 2 aromatic carbocycles. The summed E-state index contributed by atoms with van der Waals surface area (Å²) in [4.78, 5) is 4.27. The Morgan fingerprint density at radius 2 is 1.86 bits per heavy atom. The Morgan fingerprint density at radius 3 is 2.71 bits per heavy atom. The van der Waals surface area contributed by atoms with Gasteiger partial charge < -0.3 is 14.8 Å². The molecule has 0 amide bonds. The first-order valence-electron chi connectivity index (χ1n) is 6.65. The number of nitrogens with zero attached hydrogens (tertiary/aromatic N) is 1. The lowest BCUT2D eigenvalue weighted by Crippen LogP contribution is -2.31. The van der Waals surface area contributed by atoms with Crippen molar-refractivity contribution in [3.63, 3.8) is 0 Å². The number of fused-ring (bicyclic) bond motifs is 1. The molecular formula is C16H14BNO3. The highest BCUT2D eigenvalue weighted by Crippen LogP contribution is 2.15. The number of hydrogen-bond acceptors (Lipinski definition) is 4. The minimum atomic E-state index is -1.54. The van der Waals surface area contributed by atoms with Gasteiger partial charge in [0.05, 0.1) is 5.52 Å². The zero-order valence-electron chi connectivity index (χ0n) is 11.3. The fourth-order valence-electron chi connectivity index (χ4n) is 2.20. The molecule has 0 unspecified atom stereocenters. The lowest BCUT2D eigenvalue weighted by molar-refractivity contribution is 0.307. The van der Waals surface area contributed by atoms with Crippen molar-refractivity contribution < 1.29 is 14.8 Å². The molecule has 3 aromatic rings. The fraction of sp³-hybridized carbons (Fsp3) is 0.0625. The summed E-state index contributed by atoms with van der Waals surface area (Å²) < 4.78 is 5.69. The highest BCUT2D eigenvalue weighted by Gasteiger charge is 2.16. The normalized spacial score (nSPS) is 10.6. The van der Waals surface area contributed by atoms with Crippen LogP contribution in [0.1, 0.15) is 5.56 Å². The largest absolute Gasteiger partial charge is 0.492 e. The molecule has 3 rings (SSSR count). The first-order valence-corrected chi connectivity index (χ1v) is 6.65. The summed E-state index contributed by atoms with van der Waals surface area (Å²) in [7, 11) is -1.54. The highest BCUT2D eigenvalue weighted by molar-refractivity contribution is 6.59. The number of para-hydroxylation sites is 1. The van der Waals surface area contributed by atoms with Gasteiger partial charge in [-0.15, -0.1) is 0 Å². The zero-order chi connectivity index (χ0) is 14.7. The van der Waals surface area contributed by atoms with E-state index >= 15 is 0 Å². The molecule has 1 aromatic heterocycles. The predicted molar refractivity (Wildman–Crippen MR) is 82.3 cm³/mol. The van der Waals surface area contributed by atoms with Gasteiger partial charge in [0.1, 0.15) is 12.4 Å². The van der Waals surface area contributed by atoms with E-state index in [1.54, 1.807) is 30.5 Å². The number of benzene rings is 2. The minimum absolute atomic E-state index is 0.356. The Labute approximate surface area is 122 Å². The third kappa shape index (κ3) is 3.04. The molecule has 5 heteroatoms. The summed E-state index contributed by atoms with van der Waals surface area (Å²) in [5, 5.41) is 19.7.